The van der Waals surface area contributed by atoms with Crippen LogP contribution >= 0.6 is 0 Å². The van der Waals surface area contributed by atoms with Gasteiger partial charge in [-0.25, -0.2) is 0 Å². The fourth-order valence-corrected chi connectivity index (χ4v) is 5.17. The minimum atomic E-state index is 0.181. The quantitative estimate of drug-likeness (QED) is 0.786. The molecular weight excluding hydrogens is 376 g/mol. The highest BCUT2D eigenvalue weighted by molar-refractivity contribution is 5.94. The van der Waals surface area contributed by atoms with Crippen molar-refractivity contribution < 1.29 is 14.3 Å². The first-order chi connectivity index (χ1) is 14.7. The second-order valence-corrected chi connectivity index (χ2v) is 8.80. The summed E-state index contributed by atoms with van der Waals surface area (Å²) in [6, 6.07) is 15.2. The summed E-state index contributed by atoms with van der Waals surface area (Å²) in [5.74, 6) is 2.45. The van der Waals surface area contributed by atoms with E-state index in [9.17, 15) is 4.79 Å². The minimum Gasteiger partial charge on any atom is -0.454 e. The topological polar surface area (TPSA) is 50.8 Å². The van der Waals surface area contributed by atoms with E-state index in [1.165, 1.54) is 17.5 Å². The first-order valence-electron chi connectivity index (χ1n) is 11.2. The fraction of sp³-hybridized carbons (Fsp3) is 0.480. The summed E-state index contributed by atoms with van der Waals surface area (Å²) < 4.78 is 11.2. The molecule has 2 aromatic carbocycles. The molecule has 5 nitrogen and oxygen atoms in total. The maximum Gasteiger partial charge on any atom is 0.253 e. The number of nitrogens with one attached hydrogen (secondary N) is 1. The fourth-order valence-electron chi connectivity index (χ4n) is 5.17. The van der Waals surface area contributed by atoms with Gasteiger partial charge in [-0.05, 0) is 68.7 Å². The Balaban J connectivity index is 1.20. The lowest BCUT2D eigenvalue weighted by atomic mass is 9.96. The SMILES string of the molecule is C[C@@H](N[C@H]1CC[C@@H](c2ccc(C(=O)N3CCCC3)cc2)C1)c1cccc2c1OCO2. The molecule has 2 aromatic rings. The largest absolute Gasteiger partial charge is 0.454 e. The monoisotopic (exact) mass is 406 g/mol. The van der Waals surface area contributed by atoms with Crippen LogP contribution in [0.5, 0.6) is 11.5 Å². The average Bonchev–Trinajstić information content (AvgIpc) is 3.54. The molecule has 1 saturated carbocycles. The maximum atomic E-state index is 12.6. The lowest BCUT2D eigenvalue weighted by molar-refractivity contribution is 0.0793. The van der Waals surface area contributed by atoms with Crippen molar-refractivity contribution in [3.8, 4) is 11.5 Å². The molecular formula is C25H30N2O3. The average molecular weight is 407 g/mol. The Bertz CT molecular complexity index is 905. The molecule has 158 valence electrons. The van der Waals surface area contributed by atoms with Gasteiger partial charge < -0.3 is 19.7 Å². The van der Waals surface area contributed by atoms with E-state index in [1.54, 1.807) is 0 Å². The third-order valence-corrected chi connectivity index (χ3v) is 6.83. The van der Waals surface area contributed by atoms with Crippen LogP contribution < -0.4 is 14.8 Å². The van der Waals surface area contributed by atoms with Gasteiger partial charge in [0.15, 0.2) is 11.5 Å². The van der Waals surface area contributed by atoms with Crippen LogP contribution in [0, 0.1) is 0 Å². The summed E-state index contributed by atoms with van der Waals surface area (Å²) in [5, 5.41) is 3.79. The summed E-state index contributed by atoms with van der Waals surface area (Å²) in [4.78, 5) is 14.5. The predicted molar refractivity (Wildman–Crippen MR) is 116 cm³/mol. The van der Waals surface area contributed by atoms with Gasteiger partial charge in [-0.2, -0.15) is 0 Å². The number of fused-ring (bicyclic) bond motifs is 1. The van der Waals surface area contributed by atoms with Crippen molar-refractivity contribution >= 4 is 5.91 Å². The molecule has 1 saturated heterocycles. The van der Waals surface area contributed by atoms with Crippen molar-refractivity contribution in [2.45, 2.75) is 57.0 Å². The molecule has 5 rings (SSSR count). The number of likely N-dealkylation sites (tertiary alicyclic amines) is 1. The smallest absolute Gasteiger partial charge is 0.253 e. The van der Waals surface area contributed by atoms with Crippen LogP contribution in [-0.4, -0.2) is 36.7 Å². The van der Waals surface area contributed by atoms with Crippen LogP contribution in [0.2, 0.25) is 0 Å². The Morgan fingerprint density at radius 1 is 1.07 bits per heavy atom. The molecule has 5 heteroatoms. The number of hydrogen-bond donors (Lipinski definition) is 1. The molecule has 2 fully saturated rings. The molecule has 0 radical (unpaired) electrons. The first-order valence-corrected chi connectivity index (χ1v) is 11.2. The van der Waals surface area contributed by atoms with Crippen molar-refractivity contribution in [2.24, 2.45) is 0 Å². The molecule has 0 spiro atoms. The standard InChI is InChI=1S/C25H30N2O3/c1-17(22-5-4-6-23-24(22)30-16-29-23)26-21-12-11-20(15-21)18-7-9-19(10-8-18)25(28)27-13-2-3-14-27/h4-10,17,20-21,26H,2-3,11-16H2,1H3/t17-,20-,21+/m1/s1. The highest BCUT2D eigenvalue weighted by atomic mass is 16.7. The van der Waals surface area contributed by atoms with Crippen LogP contribution in [-0.2, 0) is 0 Å². The Kier molecular flexibility index (Phi) is 5.38. The van der Waals surface area contributed by atoms with Gasteiger partial charge in [-0.1, -0.05) is 24.3 Å². The Labute approximate surface area is 178 Å². The van der Waals surface area contributed by atoms with E-state index in [0.29, 0.717) is 18.8 Å². The number of nitrogens with zero attached hydrogens (tertiary/aromatic N) is 1. The third-order valence-electron chi connectivity index (χ3n) is 6.83. The number of benzene rings is 2. The van der Waals surface area contributed by atoms with Crippen molar-refractivity contribution in [3.63, 3.8) is 0 Å². The molecule has 1 amide bonds. The second kappa shape index (κ2) is 8.31. The van der Waals surface area contributed by atoms with Crippen molar-refractivity contribution in [2.75, 3.05) is 19.9 Å². The van der Waals surface area contributed by atoms with E-state index >= 15 is 0 Å². The van der Waals surface area contributed by atoms with Gasteiger partial charge in [-0.15, -0.1) is 0 Å². The minimum absolute atomic E-state index is 0.181. The Hall–Kier alpha value is -2.53. The van der Waals surface area contributed by atoms with Crippen molar-refractivity contribution in [1.82, 2.24) is 10.2 Å². The predicted octanol–water partition coefficient (Wildman–Crippen LogP) is 4.64. The number of amides is 1. The number of hydrogen-bond acceptors (Lipinski definition) is 4. The molecule has 3 atom stereocenters. The van der Waals surface area contributed by atoms with Crippen LogP contribution in [0.3, 0.4) is 0 Å². The van der Waals surface area contributed by atoms with Gasteiger partial charge in [-0.3, -0.25) is 4.79 Å². The Morgan fingerprint density at radius 2 is 1.87 bits per heavy atom. The van der Waals surface area contributed by atoms with E-state index in [4.69, 9.17) is 9.47 Å². The molecule has 2 aliphatic heterocycles. The van der Waals surface area contributed by atoms with Crippen LogP contribution in [0.15, 0.2) is 42.5 Å². The van der Waals surface area contributed by atoms with Crippen molar-refractivity contribution in [3.05, 3.63) is 59.2 Å². The second-order valence-electron chi connectivity index (χ2n) is 8.80. The molecule has 1 N–H and O–H groups in total. The molecule has 30 heavy (non-hydrogen) atoms. The lowest BCUT2D eigenvalue weighted by Crippen LogP contribution is -2.29. The third kappa shape index (κ3) is 3.79. The number of carbonyl (C=O) groups excluding carboxylic acids is 1. The maximum absolute atomic E-state index is 12.6. The highest BCUT2D eigenvalue weighted by Crippen LogP contribution is 2.40. The summed E-state index contributed by atoms with van der Waals surface area (Å²) in [6.45, 7) is 4.30. The molecule has 2 heterocycles. The van der Waals surface area contributed by atoms with E-state index < -0.39 is 0 Å². The number of carbonyl (C=O) groups is 1. The summed E-state index contributed by atoms with van der Waals surface area (Å²) >= 11 is 0. The van der Waals surface area contributed by atoms with Crippen LogP contribution in [0.25, 0.3) is 0 Å². The van der Waals surface area contributed by atoms with E-state index in [0.717, 1.165) is 55.8 Å². The molecule has 0 unspecified atom stereocenters. The van der Waals surface area contributed by atoms with Crippen LogP contribution in [0.1, 0.15) is 72.5 Å². The Morgan fingerprint density at radius 3 is 2.67 bits per heavy atom. The zero-order valence-corrected chi connectivity index (χ0v) is 17.6. The normalized spacial score (nSPS) is 23.7. The molecule has 0 aromatic heterocycles. The molecule has 0 bridgehead atoms. The summed E-state index contributed by atoms with van der Waals surface area (Å²) in [7, 11) is 0. The summed E-state index contributed by atoms with van der Waals surface area (Å²) in [5.41, 5.74) is 3.34. The van der Waals surface area contributed by atoms with Gasteiger partial charge in [0.05, 0.1) is 0 Å². The van der Waals surface area contributed by atoms with Gasteiger partial charge in [0.25, 0.3) is 5.91 Å². The van der Waals surface area contributed by atoms with E-state index in [1.807, 2.05) is 29.2 Å². The summed E-state index contributed by atoms with van der Waals surface area (Å²) in [6.07, 6.45) is 5.72. The zero-order chi connectivity index (χ0) is 20.5. The van der Waals surface area contributed by atoms with Crippen LogP contribution in [0.4, 0.5) is 0 Å². The van der Waals surface area contributed by atoms with E-state index in [2.05, 4.69) is 30.4 Å². The lowest BCUT2D eigenvalue weighted by Gasteiger charge is -2.21. The van der Waals surface area contributed by atoms with Crippen molar-refractivity contribution in [1.29, 1.82) is 0 Å². The number of ether oxygens (including phenoxy) is 2. The number of rotatable bonds is 5. The first kappa shape index (κ1) is 19.4. The highest BCUT2D eigenvalue weighted by Gasteiger charge is 2.29. The van der Waals surface area contributed by atoms with Gasteiger partial charge in [0, 0.05) is 36.3 Å². The van der Waals surface area contributed by atoms with Gasteiger partial charge in [0.1, 0.15) is 0 Å². The van der Waals surface area contributed by atoms with Gasteiger partial charge in [0.2, 0.25) is 6.79 Å². The zero-order valence-electron chi connectivity index (χ0n) is 17.6. The van der Waals surface area contributed by atoms with Gasteiger partial charge >= 0.3 is 0 Å². The molecule has 3 aliphatic rings. The molecule has 1 aliphatic carbocycles. The van der Waals surface area contributed by atoms with E-state index in [-0.39, 0.29) is 11.9 Å². The number of para-hydroxylation sites is 1.